The predicted molar refractivity (Wildman–Crippen MR) is 107 cm³/mol. The minimum atomic E-state index is 0.250. The fourth-order valence-corrected chi connectivity index (χ4v) is 4.79. The molecule has 0 aromatic heterocycles. The molecular weight excluding hydrogens is 292 g/mol. The monoisotopic (exact) mass is 332 g/mol. The summed E-state index contributed by atoms with van der Waals surface area (Å²) in [5.74, 6) is 2.48. The van der Waals surface area contributed by atoms with Gasteiger partial charge in [0.2, 0.25) is 0 Å². The Morgan fingerprint density at radius 2 is 1.83 bits per heavy atom. The molecule has 138 valence electrons. The maximum Gasteiger partial charge on any atom is 0.0402 e. The van der Waals surface area contributed by atoms with E-state index in [2.05, 4.69) is 45.9 Å². The van der Waals surface area contributed by atoms with Crippen LogP contribution in [0.2, 0.25) is 0 Å². The van der Waals surface area contributed by atoms with Crippen LogP contribution in [0.4, 0.5) is 0 Å². The van der Waals surface area contributed by atoms with E-state index in [1.807, 2.05) is 13.8 Å². The highest BCUT2D eigenvalue weighted by molar-refractivity contribution is 5.41. The third-order valence-electron chi connectivity index (χ3n) is 6.00. The fraction of sp³-hybridized carbons (Fsp3) is 0.739. The summed E-state index contributed by atoms with van der Waals surface area (Å²) in [5, 5.41) is 7.57. The van der Waals surface area contributed by atoms with Gasteiger partial charge in [-0.05, 0) is 66.0 Å². The molecule has 3 rings (SSSR count). The number of hydrogen-bond acceptors (Lipinski definition) is 1. The maximum atomic E-state index is 7.57. The molecule has 1 N–H and O–H groups in total. The van der Waals surface area contributed by atoms with Gasteiger partial charge in [-0.3, -0.25) is 0 Å². The van der Waals surface area contributed by atoms with E-state index in [4.69, 9.17) is 5.11 Å². The van der Waals surface area contributed by atoms with E-state index in [9.17, 15) is 0 Å². The zero-order valence-corrected chi connectivity index (χ0v) is 17.2. The lowest BCUT2D eigenvalue weighted by Crippen LogP contribution is -2.43. The highest BCUT2D eigenvalue weighted by Gasteiger charge is 2.44. The second-order valence-electron chi connectivity index (χ2n) is 7.82. The van der Waals surface area contributed by atoms with Gasteiger partial charge >= 0.3 is 0 Å². The van der Waals surface area contributed by atoms with Crippen LogP contribution >= 0.6 is 0 Å². The molecule has 3 unspecified atom stereocenters. The van der Waals surface area contributed by atoms with Crippen LogP contribution in [0.15, 0.2) is 18.2 Å². The molecule has 2 aliphatic carbocycles. The van der Waals surface area contributed by atoms with Crippen molar-refractivity contribution in [3.05, 3.63) is 34.9 Å². The Balaban J connectivity index is 0.000000521. The van der Waals surface area contributed by atoms with Crippen LogP contribution in [0.25, 0.3) is 0 Å². The summed E-state index contributed by atoms with van der Waals surface area (Å²) in [6, 6.07) is 7.35. The van der Waals surface area contributed by atoms with E-state index in [-0.39, 0.29) is 6.61 Å². The van der Waals surface area contributed by atoms with Crippen molar-refractivity contribution in [1.29, 1.82) is 0 Å². The molecule has 0 heterocycles. The van der Waals surface area contributed by atoms with Crippen molar-refractivity contribution >= 4 is 0 Å². The van der Waals surface area contributed by atoms with Crippen LogP contribution in [-0.4, -0.2) is 11.7 Å². The molecule has 0 spiro atoms. The topological polar surface area (TPSA) is 20.2 Å². The molecular formula is C23H40O. The zero-order valence-electron chi connectivity index (χ0n) is 17.2. The average Bonchev–Trinajstić information content (AvgIpc) is 2.57. The Labute approximate surface area is 150 Å². The van der Waals surface area contributed by atoms with E-state index in [1.165, 1.54) is 37.7 Å². The molecule has 1 fully saturated rings. The molecule has 1 heteroatoms. The van der Waals surface area contributed by atoms with E-state index in [0.717, 1.165) is 11.8 Å². The second kappa shape index (κ2) is 9.61. The Hall–Kier alpha value is -0.820. The van der Waals surface area contributed by atoms with Crippen molar-refractivity contribution in [3.63, 3.8) is 0 Å². The summed E-state index contributed by atoms with van der Waals surface area (Å²) >= 11 is 0. The van der Waals surface area contributed by atoms with Gasteiger partial charge in [0.15, 0.2) is 0 Å². The summed E-state index contributed by atoms with van der Waals surface area (Å²) < 4.78 is 0. The molecule has 3 atom stereocenters. The largest absolute Gasteiger partial charge is 0.397 e. The predicted octanol–water partition coefficient (Wildman–Crippen LogP) is 6.47. The SMILES string of the molecule is CC.CC(C)c1ccc2c(c1)CCC1C(C)CCCC21C.CCO. The third-order valence-corrected chi connectivity index (χ3v) is 6.00. The fourth-order valence-electron chi connectivity index (χ4n) is 4.79. The van der Waals surface area contributed by atoms with E-state index in [1.54, 1.807) is 18.1 Å². The van der Waals surface area contributed by atoms with Crippen LogP contribution in [0.5, 0.6) is 0 Å². The van der Waals surface area contributed by atoms with Crippen LogP contribution in [0, 0.1) is 11.8 Å². The van der Waals surface area contributed by atoms with Crippen LogP contribution in [0.3, 0.4) is 0 Å². The molecule has 1 nitrogen and oxygen atoms in total. The van der Waals surface area contributed by atoms with E-state index in [0.29, 0.717) is 11.3 Å². The summed E-state index contributed by atoms with van der Waals surface area (Å²) in [6.07, 6.45) is 6.97. The summed E-state index contributed by atoms with van der Waals surface area (Å²) in [4.78, 5) is 0. The smallest absolute Gasteiger partial charge is 0.0402 e. The first-order valence-electron chi connectivity index (χ1n) is 10.2. The van der Waals surface area contributed by atoms with Gasteiger partial charge in [0.25, 0.3) is 0 Å². The highest BCUT2D eigenvalue weighted by Crippen LogP contribution is 2.52. The first-order chi connectivity index (χ1) is 11.4. The first kappa shape index (κ1) is 21.2. The van der Waals surface area contributed by atoms with Gasteiger partial charge in [-0.2, -0.15) is 0 Å². The normalized spacial score (nSPS) is 27.9. The number of aliphatic hydroxyl groups excluding tert-OH is 1. The number of benzene rings is 1. The minimum absolute atomic E-state index is 0.250. The van der Waals surface area contributed by atoms with Crippen LogP contribution < -0.4 is 0 Å². The Bertz CT molecular complexity index is 491. The van der Waals surface area contributed by atoms with Crippen LogP contribution in [0.1, 0.15) is 96.8 Å². The lowest BCUT2D eigenvalue weighted by molar-refractivity contribution is 0.118. The quantitative estimate of drug-likeness (QED) is 0.624. The summed E-state index contributed by atoms with van der Waals surface area (Å²) in [7, 11) is 0. The number of hydrogen-bond donors (Lipinski definition) is 1. The Kier molecular flexibility index (Phi) is 8.50. The van der Waals surface area contributed by atoms with Gasteiger partial charge in [0.05, 0.1) is 0 Å². The zero-order chi connectivity index (χ0) is 18.3. The molecule has 1 aromatic rings. The molecule has 0 bridgehead atoms. The first-order valence-corrected chi connectivity index (χ1v) is 10.2. The lowest BCUT2D eigenvalue weighted by atomic mass is 9.55. The van der Waals surface area contributed by atoms with Gasteiger partial charge in [-0.25, -0.2) is 0 Å². The Morgan fingerprint density at radius 1 is 1.21 bits per heavy atom. The molecule has 0 radical (unpaired) electrons. The van der Waals surface area contributed by atoms with E-state index >= 15 is 0 Å². The van der Waals surface area contributed by atoms with Crippen molar-refractivity contribution in [1.82, 2.24) is 0 Å². The molecule has 0 amide bonds. The van der Waals surface area contributed by atoms with Crippen molar-refractivity contribution < 1.29 is 5.11 Å². The summed E-state index contributed by atoms with van der Waals surface area (Å²) in [6.45, 7) is 15.6. The maximum absolute atomic E-state index is 7.57. The number of aliphatic hydroxyl groups is 1. The molecule has 1 saturated carbocycles. The number of aryl methyl sites for hydroxylation is 1. The lowest BCUT2D eigenvalue weighted by Gasteiger charge is -2.49. The molecule has 2 aliphatic rings. The summed E-state index contributed by atoms with van der Waals surface area (Å²) in [5.41, 5.74) is 5.31. The number of fused-ring (bicyclic) bond motifs is 3. The second-order valence-corrected chi connectivity index (χ2v) is 7.82. The van der Waals surface area contributed by atoms with Crippen molar-refractivity contribution in [2.24, 2.45) is 11.8 Å². The van der Waals surface area contributed by atoms with Gasteiger partial charge in [0, 0.05) is 6.61 Å². The number of rotatable bonds is 1. The van der Waals surface area contributed by atoms with Gasteiger partial charge in [0.1, 0.15) is 0 Å². The van der Waals surface area contributed by atoms with Gasteiger partial charge in [-0.15, -0.1) is 0 Å². The molecule has 0 saturated heterocycles. The van der Waals surface area contributed by atoms with Crippen molar-refractivity contribution in [2.45, 2.75) is 91.9 Å². The average molecular weight is 333 g/mol. The minimum Gasteiger partial charge on any atom is -0.397 e. The molecule has 1 aromatic carbocycles. The molecule has 24 heavy (non-hydrogen) atoms. The Morgan fingerprint density at radius 3 is 2.42 bits per heavy atom. The standard InChI is InChI=1S/C19H28.C2H6O.C2H6/c1-13(2)15-7-10-18-16(12-15)8-9-17-14(3)6-5-11-19(17,18)4;1-2-3;1-2/h7,10,12-14,17H,5-6,8-9,11H2,1-4H3;3H,2H2,1H3;1-2H3. The van der Waals surface area contributed by atoms with E-state index < -0.39 is 0 Å². The highest BCUT2D eigenvalue weighted by atomic mass is 16.2. The van der Waals surface area contributed by atoms with Crippen molar-refractivity contribution in [2.75, 3.05) is 6.61 Å². The van der Waals surface area contributed by atoms with Gasteiger partial charge in [-0.1, -0.05) is 72.6 Å². The molecule has 0 aliphatic heterocycles. The van der Waals surface area contributed by atoms with Gasteiger partial charge < -0.3 is 5.11 Å². The third kappa shape index (κ3) is 4.42. The van der Waals surface area contributed by atoms with Crippen LogP contribution in [-0.2, 0) is 11.8 Å². The van der Waals surface area contributed by atoms with Crippen molar-refractivity contribution in [3.8, 4) is 0 Å².